The van der Waals surface area contributed by atoms with Gasteiger partial charge in [0.2, 0.25) is 0 Å². The summed E-state index contributed by atoms with van der Waals surface area (Å²) in [5, 5.41) is 0. The minimum Gasteiger partial charge on any atom is -0.468 e. The van der Waals surface area contributed by atoms with Gasteiger partial charge in [0.25, 0.3) is 15.9 Å². The van der Waals surface area contributed by atoms with Gasteiger partial charge in [-0.05, 0) is 60.5 Å². The Hall–Kier alpha value is -3.76. The van der Waals surface area contributed by atoms with Gasteiger partial charge in [-0.3, -0.25) is 14.3 Å². The van der Waals surface area contributed by atoms with E-state index >= 15 is 0 Å². The van der Waals surface area contributed by atoms with Crippen molar-refractivity contribution in [2.24, 2.45) is 4.99 Å². The lowest BCUT2D eigenvalue weighted by Gasteiger charge is -2.08. The van der Waals surface area contributed by atoms with Crippen LogP contribution in [0, 0.1) is 0 Å². The number of carbonyl (C=O) groups excluding carboxylic acids is 2. The third-order valence-electron chi connectivity index (χ3n) is 5.31. The molecule has 3 aromatic carbocycles. The monoisotopic (exact) mass is 509 g/mol. The van der Waals surface area contributed by atoms with Crippen LogP contribution in [0.15, 0.2) is 82.7 Å². The number of sulfonamides is 1. The second kappa shape index (κ2) is 10.2. The maximum absolute atomic E-state index is 12.9. The standard InChI is InChI=1S/C25H23N3O5S2/c1-3-17-9-14-21-22(15-17)34-25(28(21)16-23(29)33-2)26-24(30)18-10-12-19(13-11-18)27-35(31,32)20-7-5-4-6-8-20/h4-15,27H,3,16H2,1-2H3. The summed E-state index contributed by atoms with van der Waals surface area (Å²) < 4.78 is 34.9. The summed E-state index contributed by atoms with van der Waals surface area (Å²) in [4.78, 5) is 29.7. The van der Waals surface area contributed by atoms with Crippen molar-refractivity contribution in [3.05, 3.63) is 88.7 Å². The zero-order valence-corrected chi connectivity index (χ0v) is 20.7. The Morgan fingerprint density at radius 1 is 1.03 bits per heavy atom. The van der Waals surface area contributed by atoms with E-state index in [0.717, 1.165) is 22.2 Å². The Balaban J connectivity index is 1.64. The van der Waals surface area contributed by atoms with Gasteiger partial charge in [0.05, 0.1) is 22.2 Å². The van der Waals surface area contributed by atoms with E-state index in [1.807, 2.05) is 18.2 Å². The van der Waals surface area contributed by atoms with Gasteiger partial charge in [-0.1, -0.05) is 42.5 Å². The fourth-order valence-electron chi connectivity index (χ4n) is 3.42. The molecule has 0 radical (unpaired) electrons. The lowest BCUT2D eigenvalue weighted by atomic mass is 10.2. The first-order valence-corrected chi connectivity index (χ1v) is 13.1. The first-order chi connectivity index (χ1) is 16.8. The molecule has 35 heavy (non-hydrogen) atoms. The molecule has 10 heteroatoms. The third kappa shape index (κ3) is 5.50. The Kier molecular flexibility index (Phi) is 7.13. The van der Waals surface area contributed by atoms with Crippen molar-refractivity contribution < 1.29 is 22.7 Å². The first-order valence-electron chi connectivity index (χ1n) is 10.8. The summed E-state index contributed by atoms with van der Waals surface area (Å²) >= 11 is 1.31. The fraction of sp³-hybridized carbons (Fsp3) is 0.160. The lowest BCUT2D eigenvalue weighted by Crippen LogP contribution is -2.22. The molecule has 0 bridgehead atoms. The largest absolute Gasteiger partial charge is 0.468 e. The molecule has 0 aliphatic heterocycles. The summed E-state index contributed by atoms with van der Waals surface area (Å²) in [6.45, 7) is 1.98. The van der Waals surface area contributed by atoms with E-state index in [1.54, 1.807) is 22.8 Å². The summed E-state index contributed by atoms with van der Waals surface area (Å²) in [5.41, 5.74) is 2.52. The molecular formula is C25H23N3O5S2. The number of hydrogen-bond donors (Lipinski definition) is 1. The number of carbonyl (C=O) groups is 2. The maximum atomic E-state index is 12.9. The fourth-order valence-corrected chi connectivity index (χ4v) is 5.59. The van der Waals surface area contributed by atoms with Crippen LogP contribution in [0.25, 0.3) is 10.2 Å². The number of amides is 1. The number of ether oxygens (including phenoxy) is 1. The van der Waals surface area contributed by atoms with Crippen molar-refractivity contribution in [1.29, 1.82) is 0 Å². The molecule has 4 aromatic rings. The Bertz CT molecular complexity index is 1550. The third-order valence-corrected chi connectivity index (χ3v) is 7.74. The summed E-state index contributed by atoms with van der Waals surface area (Å²) in [6.07, 6.45) is 0.858. The average Bonchev–Trinajstić information content (AvgIpc) is 3.20. The predicted octanol–water partition coefficient (Wildman–Crippen LogP) is 3.98. The molecule has 0 aliphatic carbocycles. The SMILES string of the molecule is CCc1ccc2c(c1)sc(=NC(=O)c1ccc(NS(=O)(=O)c3ccccc3)cc1)n2CC(=O)OC. The normalized spacial score (nSPS) is 12.0. The highest BCUT2D eigenvalue weighted by atomic mass is 32.2. The summed E-state index contributed by atoms with van der Waals surface area (Å²) in [7, 11) is -2.43. The van der Waals surface area contributed by atoms with E-state index in [0.29, 0.717) is 10.5 Å². The van der Waals surface area contributed by atoms with Crippen molar-refractivity contribution in [3.63, 3.8) is 0 Å². The van der Waals surface area contributed by atoms with Crippen LogP contribution in [0.3, 0.4) is 0 Å². The number of aryl methyl sites for hydroxylation is 1. The Morgan fingerprint density at radius 2 is 1.74 bits per heavy atom. The Labute approximate surface area is 206 Å². The number of esters is 1. The van der Waals surface area contributed by atoms with E-state index in [-0.39, 0.29) is 17.0 Å². The molecule has 0 saturated heterocycles. The number of methoxy groups -OCH3 is 1. The smallest absolute Gasteiger partial charge is 0.325 e. The minimum atomic E-state index is -3.74. The molecule has 180 valence electrons. The van der Waals surface area contributed by atoms with Crippen molar-refractivity contribution >= 4 is 49.1 Å². The number of thiazole rings is 1. The number of benzene rings is 3. The number of anilines is 1. The zero-order valence-electron chi connectivity index (χ0n) is 19.1. The first kappa shape index (κ1) is 24.4. The number of nitrogens with zero attached hydrogens (tertiary/aromatic N) is 2. The molecule has 0 saturated carbocycles. The average molecular weight is 510 g/mol. The van der Waals surface area contributed by atoms with Gasteiger partial charge < -0.3 is 9.30 Å². The maximum Gasteiger partial charge on any atom is 0.325 e. The predicted molar refractivity (Wildman–Crippen MR) is 135 cm³/mol. The van der Waals surface area contributed by atoms with Gasteiger partial charge in [-0.2, -0.15) is 4.99 Å². The Morgan fingerprint density at radius 3 is 2.40 bits per heavy atom. The second-order valence-electron chi connectivity index (χ2n) is 7.62. The van der Waals surface area contributed by atoms with Crippen LogP contribution in [0.1, 0.15) is 22.8 Å². The molecule has 4 rings (SSSR count). The van der Waals surface area contributed by atoms with Crippen LogP contribution >= 0.6 is 11.3 Å². The van der Waals surface area contributed by atoms with Crippen LogP contribution in [-0.2, 0) is 32.5 Å². The van der Waals surface area contributed by atoms with Crippen molar-refractivity contribution in [2.45, 2.75) is 24.8 Å². The highest BCUT2D eigenvalue weighted by molar-refractivity contribution is 7.92. The van der Waals surface area contributed by atoms with Crippen molar-refractivity contribution in [2.75, 3.05) is 11.8 Å². The van der Waals surface area contributed by atoms with Gasteiger partial charge in [0.1, 0.15) is 6.54 Å². The number of fused-ring (bicyclic) bond motifs is 1. The molecule has 0 unspecified atom stereocenters. The van der Waals surface area contributed by atoms with Gasteiger partial charge in [0.15, 0.2) is 4.80 Å². The molecule has 1 heterocycles. The van der Waals surface area contributed by atoms with Gasteiger partial charge >= 0.3 is 5.97 Å². The van der Waals surface area contributed by atoms with E-state index in [9.17, 15) is 18.0 Å². The number of aromatic nitrogens is 1. The summed E-state index contributed by atoms with van der Waals surface area (Å²) in [6, 6.07) is 19.9. The van der Waals surface area contributed by atoms with E-state index in [4.69, 9.17) is 4.74 Å². The van der Waals surface area contributed by atoms with Gasteiger partial charge in [0, 0.05) is 11.3 Å². The van der Waals surface area contributed by atoms with Crippen LogP contribution in [-0.4, -0.2) is 32.0 Å². The van der Waals surface area contributed by atoms with Gasteiger partial charge in [-0.25, -0.2) is 8.42 Å². The molecular weight excluding hydrogens is 486 g/mol. The quantitative estimate of drug-likeness (QED) is 0.379. The molecule has 0 atom stereocenters. The van der Waals surface area contributed by atoms with E-state index in [1.165, 1.54) is 54.8 Å². The van der Waals surface area contributed by atoms with E-state index < -0.39 is 21.9 Å². The van der Waals surface area contributed by atoms with Gasteiger partial charge in [-0.15, -0.1) is 0 Å². The summed E-state index contributed by atoms with van der Waals surface area (Å²) in [5.74, 6) is -0.962. The molecule has 0 fully saturated rings. The minimum absolute atomic E-state index is 0.0751. The molecule has 1 amide bonds. The van der Waals surface area contributed by atoms with Crippen LogP contribution in [0.4, 0.5) is 5.69 Å². The van der Waals surface area contributed by atoms with Crippen LogP contribution in [0.2, 0.25) is 0 Å². The highest BCUT2D eigenvalue weighted by Crippen LogP contribution is 2.21. The number of nitrogens with one attached hydrogen (secondary N) is 1. The second-order valence-corrected chi connectivity index (χ2v) is 10.3. The molecule has 1 aromatic heterocycles. The lowest BCUT2D eigenvalue weighted by molar-refractivity contribution is -0.141. The van der Waals surface area contributed by atoms with Crippen molar-refractivity contribution in [3.8, 4) is 0 Å². The van der Waals surface area contributed by atoms with Crippen molar-refractivity contribution in [1.82, 2.24) is 4.57 Å². The molecule has 1 N–H and O–H groups in total. The van der Waals surface area contributed by atoms with Crippen LogP contribution in [0.5, 0.6) is 0 Å². The number of hydrogen-bond acceptors (Lipinski definition) is 6. The van der Waals surface area contributed by atoms with Crippen LogP contribution < -0.4 is 9.52 Å². The molecule has 8 nitrogen and oxygen atoms in total. The molecule has 0 aliphatic rings. The number of rotatable bonds is 7. The van der Waals surface area contributed by atoms with E-state index in [2.05, 4.69) is 16.6 Å². The zero-order chi connectivity index (χ0) is 25.0. The topological polar surface area (TPSA) is 107 Å². The molecule has 0 spiro atoms. The highest BCUT2D eigenvalue weighted by Gasteiger charge is 2.15.